The fraction of sp³-hybridized carbons (Fsp3) is 0.0556. The number of nitrogens with zero attached hydrogens (tertiary/aromatic N) is 3. The van der Waals surface area contributed by atoms with Crippen LogP contribution in [0.1, 0.15) is 0 Å². The fourth-order valence-corrected chi connectivity index (χ4v) is 2.82. The second kappa shape index (κ2) is 6.06. The first kappa shape index (κ1) is 16.5. The van der Waals surface area contributed by atoms with Crippen molar-refractivity contribution in [1.29, 1.82) is 0 Å². The number of anilines is 1. The third-order valence-electron chi connectivity index (χ3n) is 4.10. The van der Waals surface area contributed by atoms with Crippen molar-refractivity contribution in [3.8, 4) is 17.1 Å². The van der Waals surface area contributed by atoms with Crippen LogP contribution in [0.25, 0.3) is 33.3 Å². The van der Waals surface area contributed by atoms with E-state index in [4.69, 9.17) is 14.9 Å². The van der Waals surface area contributed by atoms with Gasteiger partial charge in [0.1, 0.15) is 22.5 Å². The lowest BCUT2D eigenvalue weighted by atomic mass is 10.1. The highest BCUT2D eigenvalue weighted by Gasteiger charge is 2.17. The van der Waals surface area contributed by atoms with Gasteiger partial charge in [-0.2, -0.15) is 0 Å². The van der Waals surface area contributed by atoms with Gasteiger partial charge in [0, 0.05) is 29.1 Å². The first-order chi connectivity index (χ1) is 13.0. The molecule has 0 amide bonds. The highest BCUT2D eigenvalue weighted by molar-refractivity contribution is 6.05. The highest BCUT2D eigenvalue weighted by Crippen LogP contribution is 2.29. The van der Waals surface area contributed by atoms with E-state index in [2.05, 4.69) is 9.97 Å². The molecule has 4 aromatic rings. The molecule has 0 bridgehead atoms. The van der Waals surface area contributed by atoms with E-state index >= 15 is 0 Å². The van der Waals surface area contributed by atoms with Crippen molar-refractivity contribution in [2.75, 3.05) is 12.8 Å². The summed E-state index contributed by atoms with van der Waals surface area (Å²) in [5.41, 5.74) is 6.20. The van der Waals surface area contributed by atoms with Crippen LogP contribution in [0.3, 0.4) is 0 Å². The molecule has 0 unspecified atom stereocenters. The lowest BCUT2D eigenvalue weighted by Crippen LogP contribution is -2.08. The van der Waals surface area contributed by atoms with Crippen molar-refractivity contribution in [2.45, 2.75) is 0 Å². The summed E-state index contributed by atoms with van der Waals surface area (Å²) in [6, 6.07) is 10.8. The van der Waals surface area contributed by atoms with Crippen LogP contribution in [-0.2, 0) is 0 Å². The van der Waals surface area contributed by atoms with Crippen molar-refractivity contribution in [3.05, 3.63) is 63.0 Å². The molecule has 27 heavy (non-hydrogen) atoms. The predicted octanol–water partition coefficient (Wildman–Crippen LogP) is 2.90. The molecule has 134 valence electrons. The van der Waals surface area contributed by atoms with E-state index in [1.54, 1.807) is 24.3 Å². The van der Waals surface area contributed by atoms with Crippen LogP contribution in [0.5, 0.6) is 5.75 Å². The smallest absolute Gasteiger partial charge is 0.349 e. The maximum Gasteiger partial charge on any atom is 0.349 e. The summed E-state index contributed by atoms with van der Waals surface area (Å²) in [7, 11) is 1.50. The average Bonchev–Trinajstić information content (AvgIpc) is 2.67. The molecule has 2 heterocycles. The van der Waals surface area contributed by atoms with E-state index in [9.17, 15) is 14.9 Å². The van der Waals surface area contributed by atoms with Gasteiger partial charge in [-0.05, 0) is 12.1 Å². The number of nitrogen functional groups attached to an aromatic ring is 1. The van der Waals surface area contributed by atoms with Gasteiger partial charge in [-0.3, -0.25) is 10.1 Å². The van der Waals surface area contributed by atoms with E-state index in [0.29, 0.717) is 22.2 Å². The van der Waals surface area contributed by atoms with Crippen LogP contribution in [0.15, 0.2) is 51.7 Å². The van der Waals surface area contributed by atoms with E-state index in [0.717, 1.165) is 0 Å². The zero-order chi connectivity index (χ0) is 19.1. The van der Waals surface area contributed by atoms with Crippen LogP contribution >= 0.6 is 0 Å². The maximum absolute atomic E-state index is 12.3. The van der Waals surface area contributed by atoms with Crippen molar-refractivity contribution >= 4 is 33.4 Å². The van der Waals surface area contributed by atoms with Gasteiger partial charge in [0.2, 0.25) is 0 Å². The molecule has 4 rings (SSSR count). The lowest BCUT2D eigenvalue weighted by molar-refractivity contribution is -0.384. The highest BCUT2D eigenvalue weighted by atomic mass is 16.6. The summed E-state index contributed by atoms with van der Waals surface area (Å²) in [5.74, 6) is 0.630. The number of nitro groups is 1. The van der Waals surface area contributed by atoms with Gasteiger partial charge < -0.3 is 14.9 Å². The van der Waals surface area contributed by atoms with E-state index in [-0.39, 0.29) is 28.3 Å². The molecule has 0 fully saturated rings. The van der Waals surface area contributed by atoms with Gasteiger partial charge in [0.25, 0.3) is 5.69 Å². The molecule has 0 radical (unpaired) electrons. The molecule has 9 heteroatoms. The molecule has 0 aliphatic carbocycles. The van der Waals surface area contributed by atoms with Crippen LogP contribution in [0.2, 0.25) is 0 Å². The Hall–Kier alpha value is -4.01. The Morgan fingerprint density at radius 3 is 2.74 bits per heavy atom. The zero-order valence-corrected chi connectivity index (χ0v) is 14.0. The lowest BCUT2D eigenvalue weighted by Gasteiger charge is -2.08. The Morgan fingerprint density at radius 1 is 1.19 bits per heavy atom. The molecule has 0 saturated heterocycles. The summed E-state index contributed by atoms with van der Waals surface area (Å²) in [6.45, 7) is 0. The average molecular weight is 364 g/mol. The Balaban J connectivity index is 2.05. The summed E-state index contributed by atoms with van der Waals surface area (Å²) in [5, 5.41) is 11.6. The quantitative estimate of drug-likeness (QED) is 0.254. The number of hydrogen-bond acceptors (Lipinski definition) is 8. The summed E-state index contributed by atoms with van der Waals surface area (Å²) >= 11 is 0. The molecular formula is C18H12N4O5. The van der Waals surface area contributed by atoms with Crippen LogP contribution in [0, 0.1) is 10.1 Å². The Morgan fingerprint density at radius 2 is 2.00 bits per heavy atom. The monoisotopic (exact) mass is 364 g/mol. The molecule has 0 atom stereocenters. The molecule has 0 aliphatic heterocycles. The number of ether oxygens (including phenoxy) is 1. The number of nitrogens with two attached hydrogens (primary N) is 1. The first-order valence-electron chi connectivity index (χ1n) is 7.81. The number of benzene rings is 2. The maximum atomic E-state index is 12.3. The molecule has 2 N–H and O–H groups in total. The number of fused-ring (bicyclic) bond motifs is 3. The van der Waals surface area contributed by atoms with Gasteiger partial charge in [-0.15, -0.1) is 0 Å². The Kier molecular flexibility index (Phi) is 3.69. The summed E-state index contributed by atoms with van der Waals surface area (Å²) in [6.07, 6.45) is 0. The molecule has 0 aliphatic rings. The second-order valence-electron chi connectivity index (χ2n) is 5.72. The minimum atomic E-state index is -0.672. The molecule has 2 aromatic heterocycles. The third kappa shape index (κ3) is 2.71. The Bertz CT molecular complexity index is 1280. The van der Waals surface area contributed by atoms with Crippen molar-refractivity contribution in [1.82, 2.24) is 9.97 Å². The molecule has 0 spiro atoms. The first-order valence-corrected chi connectivity index (χ1v) is 7.81. The largest absolute Gasteiger partial charge is 0.497 e. The van der Waals surface area contributed by atoms with Gasteiger partial charge in [0.15, 0.2) is 5.82 Å². The number of rotatable bonds is 3. The van der Waals surface area contributed by atoms with Gasteiger partial charge in [-0.1, -0.05) is 12.1 Å². The number of hydrogen-bond donors (Lipinski definition) is 1. The van der Waals surface area contributed by atoms with Gasteiger partial charge in [0.05, 0.1) is 17.5 Å². The van der Waals surface area contributed by atoms with Crippen molar-refractivity contribution in [3.63, 3.8) is 0 Å². The second-order valence-corrected chi connectivity index (χ2v) is 5.72. The van der Waals surface area contributed by atoms with Crippen LogP contribution in [0.4, 0.5) is 11.5 Å². The predicted molar refractivity (Wildman–Crippen MR) is 98.6 cm³/mol. The standard InChI is InChI=1S/C18H12N4O5/c1-26-11-5-6-12-13(8-11)27-18(23)14-15(12)20-17(21-16(14)19)9-3-2-4-10(7-9)22(24)25/h2-8H,1H3,(H2,19,20,21). The normalized spacial score (nSPS) is 11.0. The number of non-ortho nitro benzene ring substituents is 1. The van der Waals surface area contributed by atoms with Crippen molar-refractivity contribution in [2.24, 2.45) is 0 Å². The minimum Gasteiger partial charge on any atom is -0.497 e. The number of aromatic nitrogens is 2. The van der Waals surface area contributed by atoms with Gasteiger partial charge in [-0.25, -0.2) is 14.8 Å². The number of nitro benzene ring substituents is 1. The fourth-order valence-electron chi connectivity index (χ4n) is 2.82. The van der Waals surface area contributed by atoms with Crippen molar-refractivity contribution < 1.29 is 14.1 Å². The van der Waals surface area contributed by atoms with E-state index in [1.165, 1.54) is 25.3 Å². The molecule has 9 nitrogen and oxygen atoms in total. The minimum absolute atomic E-state index is 0.0573. The molecular weight excluding hydrogens is 352 g/mol. The zero-order valence-electron chi connectivity index (χ0n) is 14.0. The summed E-state index contributed by atoms with van der Waals surface area (Å²) < 4.78 is 10.5. The third-order valence-corrected chi connectivity index (χ3v) is 4.10. The number of methoxy groups -OCH3 is 1. The van der Waals surface area contributed by atoms with E-state index in [1.807, 2.05) is 0 Å². The summed E-state index contributed by atoms with van der Waals surface area (Å²) in [4.78, 5) is 31.4. The van der Waals surface area contributed by atoms with Crippen LogP contribution in [-0.4, -0.2) is 22.0 Å². The molecule has 2 aromatic carbocycles. The SMILES string of the molecule is COc1ccc2c(c1)oc(=O)c1c(N)nc(-c3cccc([N+](=O)[O-])c3)nc12. The molecule has 0 saturated carbocycles. The van der Waals surface area contributed by atoms with Crippen LogP contribution < -0.4 is 16.1 Å². The van der Waals surface area contributed by atoms with Gasteiger partial charge >= 0.3 is 5.63 Å². The van der Waals surface area contributed by atoms with E-state index < -0.39 is 10.5 Å². The topological polar surface area (TPSA) is 134 Å². The Labute approximate surface area is 151 Å².